The Bertz CT molecular complexity index is 640. The van der Waals surface area contributed by atoms with Gasteiger partial charge >= 0.3 is 0 Å². The number of hydrogen-bond donors (Lipinski definition) is 0. The van der Waals surface area contributed by atoms with Gasteiger partial charge < -0.3 is 9.64 Å². The van der Waals surface area contributed by atoms with Gasteiger partial charge in [-0.3, -0.25) is 9.69 Å². The van der Waals surface area contributed by atoms with E-state index in [9.17, 15) is 4.79 Å². The van der Waals surface area contributed by atoms with Crippen LogP contribution in [-0.4, -0.2) is 48.4 Å². The van der Waals surface area contributed by atoms with Crippen molar-refractivity contribution in [3.8, 4) is 5.75 Å². The number of amides is 1. The summed E-state index contributed by atoms with van der Waals surface area (Å²) in [7, 11) is 5.43. The second-order valence-corrected chi connectivity index (χ2v) is 6.57. The van der Waals surface area contributed by atoms with Gasteiger partial charge in [0.2, 0.25) is 5.91 Å². The van der Waals surface area contributed by atoms with Crippen LogP contribution in [0.1, 0.15) is 16.1 Å². The second kappa shape index (κ2) is 8.08. The monoisotopic (exact) mass is 333 g/mol. The highest BCUT2D eigenvalue weighted by atomic mass is 32.1. The van der Waals surface area contributed by atoms with Crippen LogP contribution in [0.2, 0.25) is 0 Å². The maximum absolute atomic E-state index is 12.3. The molecule has 0 aliphatic carbocycles. The van der Waals surface area contributed by atoms with Crippen molar-refractivity contribution in [2.45, 2.75) is 20.0 Å². The number of carbonyl (C=O) groups is 1. The highest BCUT2D eigenvalue weighted by Gasteiger charge is 2.14. The van der Waals surface area contributed by atoms with E-state index in [1.807, 2.05) is 55.7 Å². The topological polar surface area (TPSA) is 45.7 Å². The molecular weight excluding hydrogens is 310 g/mol. The average Bonchev–Trinajstić information content (AvgIpc) is 2.93. The molecule has 0 saturated heterocycles. The number of nitrogens with zero attached hydrogens (tertiary/aromatic N) is 3. The molecule has 2 rings (SSSR count). The third-order valence-electron chi connectivity index (χ3n) is 3.67. The van der Waals surface area contributed by atoms with Crippen molar-refractivity contribution < 1.29 is 9.53 Å². The van der Waals surface area contributed by atoms with Crippen molar-refractivity contribution >= 4 is 17.2 Å². The van der Waals surface area contributed by atoms with Gasteiger partial charge in [0.15, 0.2) is 0 Å². The number of likely N-dealkylation sites (N-methyl/N-ethyl adjacent to an activating group) is 2. The van der Waals surface area contributed by atoms with E-state index < -0.39 is 0 Å². The van der Waals surface area contributed by atoms with Crippen LogP contribution in [0.25, 0.3) is 0 Å². The van der Waals surface area contributed by atoms with Gasteiger partial charge in [-0.15, -0.1) is 11.3 Å². The summed E-state index contributed by atoms with van der Waals surface area (Å²) in [5.74, 6) is 0.924. The summed E-state index contributed by atoms with van der Waals surface area (Å²) in [4.78, 5) is 21.6. The molecule has 0 saturated carbocycles. The molecule has 124 valence electrons. The van der Waals surface area contributed by atoms with Gasteiger partial charge in [-0.05, 0) is 31.7 Å². The molecule has 23 heavy (non-hydrogen) atoms. The molecule has 0 bridgehead atoms. The number of thiazole rings is 1. The zero-order chi connectivity index (χ0) is 16.8. The molecule has 0 N–H and O–H groups in total. The van der Waals surface area contributed by atoms with Crippen LogP contribution in [0, 0.1) is 6.92 Å². The summed E-state index contributed by atoms with van der Waals surface area (Å²) in [5, 5.41) is 0. The van der Waals surface area contributed by atoms with Crippen LogP contribution in [0.15, 0.2) is 29.8 Å². The smallest absolute Gasteiger partial charge is 0.236 e. The van der Waals surface area contributed by atoms with Gasteiger partial charge in [-0.1, -0.05) is 12.1 Å². The SMILES string of the molecule is COc1ccc(CN(C)C(=O)CN(C)Cc2scnc2C)cc1. The van der Waals surface area contributed by atoms with Crippen LogP contribution < -0.4 is 4.74 Å². The van der Waals surface area contributed by atoms with Crippen molar-refractivity contribution in [1.29, 1.82) is 0 Å². The van der Waals surface area contributed by atoms with Crippen molar-refractivity contribution in [3.63, 3.8) is 0 Å². The summed E-state index contributed by atoms with van der Waals surface area (Å²) in [5.41, 5.74) is 3.97. The van der Waals surface area contributed by atoms with E-state index in [1.54, 1.807) is 23.3 Å². The lowest BCUT2D eigenvalue weighted by Gasteiger charge is -2.22. The lowest BCUT2D eigenvalue weighted by molar-refractivity contribution is -0.131. The number of benzene rings is 1. The van der Waals surface area contributed by atoms with E-state index in [0.29, 0.717) is 13.1 Å². The lowest BCUT2D eigenvalue weighted by atomic mass is 10.2. The Morgan fingerprint density at radius 2 is 1.91 bits per heavy atom. The summed E-state index contributed by atoms with van der Waals surface area (Å²) < 4.78 is 5.14. The summed E-state index contributed by atoms with van der Waals surface area (Å²) in [6.07, 6.45) is 0. The van der Waals surface area contributed by atoms with Gasteiger partial charge in [0.25, 0.3) is 0 Å². The zero-order valence-corrected chi connectivity index (χ0v) is 14.9. The Hall–Kier alpha value is -1.92. The van der Waals surface area contributed by atoms with Gasteiger partial charge in [0, 0.05) is 25.0 Å². The standard InChI is InChI=1S/C17H23N3O2S/c1-13-16(23-12-18-13)10-19(2)11-17(21)20(3)9-14-5-7-15(22-4)8-6-14/h5-8,12H,9-11H2,1-4H3. The van der Waals surface area contributed by atoms with E-state index >= 15 is 0 Å². The van der Waals surface area contributed by atoms with E-state index in [-0.39, 0.29) is 5.91 Å². The van der Waals surface area contributed by atoms with Crippen molar-refractivity contribution in [2.24, 2.45) is 0 Å². The summed E-state index contributed by atoms with van der Waals surface area (Å²) >= 11 is 1.63. The maximum Gasteiger partial charge on any atom is 0.236 e. The molecule has 0 aliphatic heterocycles. The summed E-state index contributed by atoms with van der Waals surface area (Å²) in [6.45, 7) is 3.73. The van der Waals surface area contributed by atoms with Crippen LogP contribution in [0.4, 0.5) is 0 Å². The predicted molar refractivity (Wildman–Crippen MR) is 92.7 cm³/mol. The van der Waals surface area contributed by atoms with E-state index in [2.05, 4.69) is 4.98 Å². The number of aryl methyl sites for hydroxylation is 1. The van der Waals surface area contributed by atoms with Crippen LogP contribution in [0.5, 0.6) is 5.75 Å². The fraction of sp³-hybridized carbons (Fsp3) is 0.412. The van der Waals surface area contributed by atoms with Crippen LogP contribution >= 0.6 is 11.3 Å². The number of hydrogen-bond acceptors (Lipinski definition) is 5. The minimum atomic E-state index is 0.102. The van der Waals surface area contributed by atoms with Crippen LogP contribution in [-0.2, 0) is 17.9 Å². The zero-order valence-electron chi connectivity index (χ0n) is 14.1. The largest absolute Gasteiger partial charge is 0.497 e. The number of carbonyl (C=O) groups excluding carboxylic acids is 1. The number of rotatable bonds is 7. The minimum absolute atomic E-state index is 0.102. The lowest BCUT2D eigenvalue weighted by Crippen LogP contribution is -2.36. The fourth-order valence-corrected chi connectivity index (χ4v) is 3.08. The quantitative estimate of drug-likeness (QED) is 0.781. The molecule has 0 atom stereocenters. The van der Waals surface area contributed by atoms with Gasteiger partial charge in [-0.2, -0.15) is 0 Å². The Kier molecular flexibility index (Phi) is 6.12. The van der Waals surface area contributed by atoms with Gasteiger partial charge in [0.05, 0.1) is 24.9 Å². The molecule has 6 heteroatoms. The highest BCUT2D eigenvalue weighted by Crippen LogP contribution is 2.15. The molecule has 1 aromatic carbocycles. The normalized spacial score (nSPS) is 10.8. The molecule has 1 aromatic heterocycles. The Labute approximate surface area is 141 Å². The minimum Gasteiger partial charge on any atom is -0.497 e. The van der Waals surface area contributed by atoms with E-state index in [4.69, 9.17) is 4.74 Å². The molecule has 1 amide bonds. The third kappa shape index (κ3) is 5.04. The first-order valence-corrected chi connectivity index (χ1v) is 8.32. The predicted octanol–water partition coefficient (Wildman–Crippen LogP) is 2.55. The van der Waals surface area contributed by atoms with Crippen molar-refractivity contribution in [3.05, 3.63) is 45.9 Å². The molecule has 0 aliphatic rings. The first kappa shape index (κ1) is 17.4. The molecule has 0 fully saturated rings. The Morgan fingerprint density at radius 3 is 2.48 bits per heavy atom. The first-order valence-electron chi connectivity index (χ1n) is 7.44. The van der Waals surface area contributed by atoms with Crippen molar-refractivity contribution in [1.82, 2.24) is 14.8 Å². The maximum atomic E-state index is 12.3. The number of methoxy groups -OCH3 is 1. The molecular formula is C17H23N3O2S. The van der Waals surface area contributed by atoms with E-state index in [1.165, 1.54) is 4.88 Å². The molecule has 2 aromatic rings. The molecule has 0 unspecified atom stereocenters. The average molecular weight is 333 g/mol. The fourth-order valence-electron chi connectivity index (χ4n) is 2.22. The third-order valence-corrected chi connectivity index (χ3v) is 4.59. The Balaban J connectivity index is 1.85. The second-order valence-electron chi connectivity index (χ2n) is 5.63. The van der Waals surface area contributed by atoms with Gasteiger partial charge in [-0.25, -0.2) is 4.98 Å². The Morgan fingerprint density at radius 1 is 1.22 bits per heavy atom. The van der Waals surface area contributed by atoms with Crippen molar-refractivity contribution in [2.75, 3.05) is 27.7 Å². The van der Waals surface area contributed by atoms with Crippen LogP contribution in [0.3, 0.4) is 0 Å². The molecule has 1 heterocycles. The molecule has 0 spiro atoms. The molecule has 0 radical (unpaired) electrons. The van der Waals surface area contributed by atoms with E-state index in [0.717, 1.165) is 23.6 Å². The molecule has 5 nitrogen and oxygen atoms in total. The van der Waals surface area contributed by atoms with Gasteiger partial charge in [0.1, 0.15) is 5.75 Å². The highest BCUT2D eigenvalue weighted by molar-refractivity contribution is 7.09. The number of ether oxygens (including phenoxy) is 1. The summed E-state index contributed by atoms with van der Waals surface area (Å²) in [6, 6.07) is 7.78. The number of aromatic nitrogens is 1. The first-order chi connectivity index (χ1) is 11.0.